The highest BCUT2D eigenvalue weighted by Crippen LogP contribution is 2.42. The number of carbonyl (C=O) groups is 3. The summed E-state index contributed by atoms with van der Waals surface area (Å²) in [5.74, 6) is -1.64. The van der Waals surface area contributed by atoms with E-state index in [2.05, 4.69) is 4.98 Å². The molecule has 0 atom stereocenters. The lowest BCUT2D eigenvalue weighted by Gasteiger charge is -2.22. The number of carbonyl (C=O) groups excluding carboxylic acids is 3. The summed E-state index contributed by atoms with van der Waals surface area (Å²) in [6.07, 6.45) is 1.81. The van der Waals surface area contributed by atoms with Crippen LogP contribution in [0.15, 0.2) is 23.4 Å². The van der Waals surface area contributed by atoms with Gasteiger partial charge in [0, 0.05) is 30.1 Å². The monoisotopic (exact) mass is 399 g/mol. The zero-order chi connectivity index (χ0) is 19.3. The summed E-state index contributed by atoms with van der Waals surface area (Å²) in [6.45, 7) is 3.85. The zero-order valence-corrected chi connectivity index (χ0v) is 15.8. The minimum Gasteiger partial charge on any atom is -0.330 e. The molecule has 140 valence electrons. The summed E-state index contributed by atoms with van der Waals surface area (Å²) in [5, 5.41) is 11.8. The topological polar surface area (TPSA) is 120 Å². The standard InChI is InChI=1S/C15H17N3O6S2/c1-15(2,26-25-11-4-3-10(9-16-11)18(22)23)8-7-14(21)24-17-12(19)5-6-13(17)20/h3-4,9H,5-8H2,1-2H3. The second-order valence-corrected chi connectivity index (χ2v) is 8.94. The highest BCUT2D eigenvalue weighted by molar-refractivity contribution is 8.77. The van der Waals surface area contributed by atoms with Gasteiger partial charge in [0.15, 0.2) is 0 Å². The molecular weight excluding hydrogens is 382 g/mol. The fourth-order valence-electron chi connectivity index (χ4n) is 1.94. The molecule has 0 saturated carbocycles. The van der Waals surface area contributed by atoms with Crippen LogP contribution < -0.4 is 0 Å². The largest absolute Gasteiger partial charge is 0.333 e. The average molecular weight is 399 g/mol. The lowest BCUT2D eigenvalue weighted by molar-refractivity contribution is -0.385. The van der Waals surface area contributed by atoms with Crippen LogP contribution in [0.3, 0.4) is 0 Å². The second kappa shape index (κ2) is 8.49. The number of amides is 2. The molecule has 1 aliphatic rings. The Hall–Kier alpha value is -2.14. The molecule has 1 fully saturated rings. The Balaban J connectivity index is 1.78. The van der Waals surface area contributed by atoms with Gasteiger partial charge in [-0.25, -0.2) is 9.78 Å². The van der Waals surface area contributed by atoms with Crippen LogP contribution in [0.25, 0.3) is 0 Å². The van der Waals surface area contributed by atoms with Gasteiger partial charge in [-0.1, -0.05) is 10.8 Å². The zero-order valence-electron chi connectivity index (χ0n) is 14.2. The van der Waals surface area contributed by atoms with Crippen molar-refractivity contribution in [1.82, 2.24) is 10.0 Å². The fourth-order valence-corrected chi connectivity index (χ4v) is 4.13. The maximum atomic E-state index is 11.9. The summed E-state index contributed by atoms with van der Waals surface area (Å²) in [7, 11) is 2.81. The van der Waals surface area contributed by atoms with E-state index in [1.54, 1.807) is 6.07 Å². The highest BCUT2D eigenvalue weighted by atomic mass is 33.1. The Morgan fingerprint density at radius 2 is 2.00 bits per heavy atom. The fraction of sp³-hybridized carbons (Fsp3) is 0.467. The molecule has 2 rings (SSSR count). The van der Waals surface area contributed by atoms with Crippen LogP contribution in [-0.4, -0.2) is 37.5 Å². The molecule has 2 amide bonds. The van der Waals surface area contributed by atoms with E-state index in [9.17, 15) is 24.5 Å². The Morgan fingerprint density at radius 3 is 2.54 bits per heavy atom. The number of nitrogens with zero attached hydrogens (tertiary/aromatic N) is 3. The Kier molecular flexibility index (Phi) is 6.59. The number of hydrogen-bond donors (Lipinski definition) is 0. The van der Waals surface area contributed by atoms with Crippen LogP contribution in [0.2, 0.25) is 0 Å². The van der Waals surface area contributed by atoms with Gasteiger partial charge >= 0.3 is 5.97 Å². The average Bonchev–Trinajstić information content (AvgIpc) is 2.91. The van der Waals surface area contributed by atoms with Gasteiger partial charge in [0.2, 0.25) is 0 Å². The number of rotatable bonds is 8. The summed E-state index contributed by atoms with van der Waals surface area (Å²) in [4.78, 5) is 53.6. The van der Waals surface area contributed by atoms with Crippen molar-refractivity contribution in [3.8, 4) is 0 Å². The summed E-state index contributed by atoms with van der Waals surface area (Å²) in [6, 6.07) is 2.94. The number of imide groups is 1. The van der Waals surface area contributed by atoms with Gasteiger partial charge in [-0.05, 0) is 37.1 Å². The van der Waals surface area contributed by atoms with Gasteiger partial charge < -0.3 is 4.84 Å². The van der Waals surface area contributed by atoms with E-state index in [0.29, 0.717) is 16.5 Å². The van der Waals surface area contributed by atoms with Crippen molar-refractivity contribution >= 4 is 45.1 Å². The smallest absolute Gasteiger partial charge is 0.330 e. The number of hydrogen-bond acceptors (Lipinski definition) is 9. The van der Waals surface area contributed by atoms with Crippen molar-refractivity contribution in [2.24, 2.45) is 0 Å². The molecule has 1 aromatic heterocycles. The Labute approximate surface area is 157 Å². The van der Waals surface area contributed by atoms with Crippen molar-refractivity contribution < 1.29 is 24.1 Å². The first-order valence-corrected chi connectivity index (χ1v) is 9.86. The first-order chi connectivity index (χ1) is 12.2. The van der Waals surface area contributed by atoms with Crippen molar-refractivity contribution in [3.05, 3.63) is 28.4 Å². The first-order valence-electron chi connectivity index (χ1n) is 7.71. The van der Waals surface area contributed by atoms with Crippen LogP contribution in [0.1, 0.15) is 39.5 Å². The molecule has 0 bridgehead atoms. The minimum absolute atomic E-state index is 0.0469. The molecular formula is C15H17N3O6S2. The quantitative estimate of drug-likeness (QED) is 0.281. The van der Waals surface area contributed by atoms with Crippen molar-refractivity contribution in [3.63, 3.8) is 0 Å². The van der Waals surface area contributed by atoms with Gasteiger partial charge in [0.05, 0.1) is 4.92 Å². The first kappa shape index (κ1) is 20.2. The van der Waals surface area contributed by atoms with Crippen LogP contribution in [0.4, 0.5) is 5.69 Å². The lowest BCUT2D eigenvalue weighted by atomic mass is 10.1. The van der Waals surface area contributed by atoms with Crippen LogP contribution in [-0.2, 0) is 19.2 Å². The van der Waals surface area contributed by atoms with Crippen molar-refractivity contribution in [2.75, 3.05) is 0 Å². The van der Waals surface area contributed by atoms with E-state index in [4.69, 9.17) is 4.84 Å². The minimum atomic E-state index is -0.638. The molecule has 0 aromatic carbocycles. The number of aromatic nitrogens is 1. The summed E-state index contributed by atoms with van der Waals surface area (Å²) in [5.41, 5.74) is -0.0765. The van der Waals surface area contributed by atoms with Crippen molar-refractivity contribution in [1.29, 1.82) is 0 Å². The third-order valence-corrected chi connectivity index (χ3v) is 6.68. The van der Waals surface area contributed by atoms with Crippen LogP contribution >= 0.6 is 21.6 Å². The molecule has 0 N–H and O–H groups in total. The van der Waals surface area contributed by atoms with E-state index in [0.717, 1.165) is 0 Å². The molecule has 0 radical (unpaired) electrons. The Bertz CT molecular complexity index is 707. The number of pyridine rings is 1. The summed E-state index contributed by atoms with van der Waals surface area (Å²) >= 11 is 0. The predicted octanol–water partition coefficient (Wildman–Crippen LogP) is 2.90. The second-order valence-electron chi connectivity index (χ2n) is 6.08. The van der Waals surface area contributed by atoms with Gasteiger partial charge in [0.1, 0.15) is 11.2 Å². The molecule has 11 heteroatoms. The summed E-state index contributed by atoms with van der Waals surface area (Å²) < 4.78 is -0.327. The van der Waals surface area contributed by atoms with Crippen molar-refractivity contribution in [2.45, 2.75) is 49.3 Å². The predicted molar refractivity (Wildman–Crippen MR) is 94.8 cm³/mol. The third kappa shape index (κ3) is 5.70. The third-order valence-electron chi connectivity index (χ3n) is 3.41. The number of nitro groups is 1. The van der Waals surface area contributed by atoms with E-state index in [-0.39, 0.29) is 29.7 Å². The lowest BCUT2D eigenvalue weighted by Crippen LogP contribution is -2.32. The molecule has 0 spiro atoms. The van der Waals surface area contributed by atoms with E-state index in [1.807, 2.05) is 13.8 Å². The van der Waals surface area contributed by atoms with Gasteiger partial charge in [-0.15, -0.1) is 5.06 Å². The SMILES string of the molecule is CC(C)(CCC(=O)ON1C(=O)CCC1=O)SSc1ccc([N+](=O)[O-])cn1. The van der Waals surface area contributed by atoms with Gasteiger partial charge in [-0.3, -0.25) is 19.7 Å². The van der Waals surface area contributed by atoms with E-state index >= 15 is 0 Å². The highest BCUT2D eigenvalue weighted by Gasteiger charge is 2.33. The van der Waals surface area contributed by atoms with E-state index in [1.165, 1.54) is 33.9 Å². The van der Waals surface area contributed by atoms with Gasteiger partial charge in [-0.2, -0.15) is 0 Å². The number of hydroxylamine groups is 2. The van der Waals surface area contributed by atoms with Gasteiger partial charge in [0.25, 0.3) is 17.5 Å². The molecule has 0 unspecified atom stereocenters. The van der Waals surface area contributed by atoms with E-state index < -0.39 is 22.7 Å². The molecule has 2 heterocycles. The molecule has 9 nitrogen and oxygen atoms in total. The maximum Gasteiger partial charge on any atom is 0.333 e. The Morgan fingerprint density at radius 1 is 1.35 bits per heavy atom. The molecule has 26 heavy (non-hydrogen) atoms. The normalized spacial score (nSPS) is 14.6. The van der Waals surface area contributed by atoms with Crippen LogP contribution in [0.5, 0.6) is 0 Å². The molecule has 1 saturated heterocycles. The van der Waals surface area contributed by atoms with Crippen LogP contribution in [0, 0.1) is 10.1 Å². The molecule has 0 aliphatic carbocycles. The molecule has 1 aliphatic heterocycles. The molecule has 1 aromatic rings. The maximum absolute atomic E-state index is 11.9.